The van der Waals surface area contributed by atoms with Gasteiger partial charge in [-0.15, -0.1) is 0 Å². The topological polar surface area (TPSA) is 29.5 Å². The van der Waals surface area contributed by atoms with E-state index in [1.165, 1.54) is 0 Å². The highest BCUT2D eigenvalue weighted by atomic mass is 16.5. The van der Waals surface area contributed by atoms with E-state index >= 15 is 0 Å². The fourth-order valence-corrected chi connectivity index (χ4v) is 1.37. The Balaban J connectivity index is 2.17. The van der Waals surface area contributed by atoms with Crippen LogP contribution in [0.15, 0.2) is 12.3 Å². The van der Waals surface area contributed by atoms with Gasteiger partial charge in [0.1, 0.15) is 0 Å². The molecule has 1 aliphatic carbocycles. The van der Waals surface area contributed by atoms with E-state index in [9.17, 15) is 5.11 Å². The number of aliphatic hydroxyl groups excluding tert-OH is 1. The Morgan fingerprint density at radius 3 is 2.45 bits per heavy atom. The first-order valence-electron chi connectivity index (χ1n) is 4.27. The predicted octanol–water partition coefficient (Wildman–Crippen LogP) is 1.84. The van der Waals surface area contributed by atoms with E-state index in [2.05, 4.69) is 0 Å². The van der Waals surface area contributed by atoms with Crippen molar-refractivity contribution in [3.05, 3.63) is 12.3 Å². The summed E-state index contributed by atoms with van der Waals surface area (Å²) in [6.45, 7) is 1.94. The minimum atomic E-state index is -0.0829. The summed E-state index contributed by atoms with van der Waals surface area (Å²) in [4.78, 5) is 0. The normalized spacial score (nSPS) is 32.5. The lowest BCUT2D eigenvalue weighted by molar-refractivity contribution is 0.0439. The Hall–Kier alpha value is -0.500. The van der Waals surface area contributed by atoms with Crippen molar-refractivity contribution in [3.8, 4) is 0 Å². The Morgan fingerprint density at radius 1 is 1.27 bits per heavy atom. The maximum absolute atomic E-state index is 9.18. The largest absolute Gasteiger partial charge is 0.498 e. The van der Waals surface area contributed by atoms with Crippen molar-refractivity contribution in [1.82, 2.24) is 0 Å². The molecule has 0 aromatic rings. The van der Waals surface area contributed by atoms with Crippen LogP contribution >= 0.6 is 0 Å². The monoisotopic (exact) mass is 156 g/mol. The smallest absolute Gasteiger partial charge is 0.0980 e. The number of ether oxygens (including phenoxy) is 1. The maximum Gasteiger partial charge on any atom is 0.0980 e. The summed E-state index contributed by atoms with van der Waals surface area (Å²) in [7, 11) is 0. The molecule has 11 heavy (non-hydrogen) atoms. The second kappa shape index (κ2) is 4.39. The van der Waals surface area contributed by atoms with Crippen LogP contribution in [0.25, 0.3) is 0 Å². The third-order valence-corrected chi connectivity index (χ3v) is 2.05. The van der Waals surface area contributed by atoms with Gasteiger partial charge in [0.2, 0.25) is 0 Å². The SMILES string of the molecule is C/C=C\OC1CCC(O)CC1. The van der Waals surface area contributed by atoms with Crippen molar-refractivity contribution in [1.29, 1.82) is 0 Å². The Bertz CT molecular complexity index is 124. The van der Waals surface area contributed by atoms with Gasteiger partial charge in [0, 0.05) is 0 Å². The van der Waals surface area contributed by atoms with Crippen molar-refractivity contribution in [2.45, 2.75) is 44.8 Å². The fraction of sp³-hybridized carbons (Fsp3) is 0.778. The Labute approximate surface area is 67.9 Å². The lowest BCUT2D eigenvalue weighted by atomic mass is 9.95. The molecule has 0 aliphatic heterocycles. The van der Waals surface area contributed by atoms with Gasteiger partial charge in [-0.25, -0.2) is 0 Å². The molecule has 64 valence electrons. The van der Waals surface area contributed by atoms with E-state index in [-0.39, 0.29) is 6.10 Å². The fourth-order valence-electron chi connectivity index (χ4n) is 1.37. The molecule has 2 nitrogen and oxygen atoms in total. The molecular weight excluding hydrogens is 140 g/mol. The van der Waals surface area contributed by atoms with Gasteiger partial charge in [0.15, 0.2) is 0 Å². The van der Waals surface area contributed by atoms with Crippen LogP contribution in [0.1, 0.15) is 32.6 Å². The van der Waals surface area contributed by atoms with Crippen LogP contribution in [0.4, 0.5) is 0 Å². The van der Waals surface area contributed by atoms with E-state index in [1.54, 1.807) is 6.26 Å². The molecule has 0 saturated heterocycles. The van der Waals surface area contributed by atoms with Crippen LogP contribution < -0.4 is 0 Å². The van der Waals surface area contributed by atoms with E-state index in [4.69, 9.17) is 4.74 Å². The molecular formula is C9H16O2. The van der Waals surface area contributed by atoms with E-state index in [1.807, 2.05) is 13.0 Å². The summed E-state index contributed by atoms with van der Waals surface area (Å²) in [6.07, 6.45) is 7.66. The predicted molar refractivity (Wildman–Crippen MR) is 44.2 cm³/mol. The number of aliphatic hydroxyl groups is 1. The first kappa shape index (κ1) is 8.60. The number of allylic oxidation sites excluding steroid dienone is 1. The molecule has 1 rings (SSSR count). The summed E-state index contributed by atoms with van der Waals surface area (Å²) in [5, 5.41) is 9.18. The molecule has 0 heterocycles. The Morgan fingerprint density at radius 2 is 1.91 bits per heavy atom. The van der Waals surface area contributed by atoms with Gasteiger partial charge in [0.05, 0.1) is 18.5 Å². The number of hydrogen-bond donors (Lipinski definition) is 1. The molecule has 0 atom stereocenters. The van der Waals surface area contributed by atoms with Gasteiger partial charge < -0.3 is 9.84 Å². The third kappa shape index (κ3) is 2.93. The quantitative estimate of drug-likeness (QED) is 0.618. The lowest BCUT2D eigenvalue weighted by Crippen LogP contribution is -2.22. The van der Waals surface area contributed by atoms with Crippen LogP contribution in [-0.2, 0) is 4.74 Å². The second-order valence-corrected chi connectivity index (χ2v) is 3.04. The van der Waals surface area contributed by atoms with Crippen LogP contribution in [-0.4, -0.2) is 17.3 Å². The average Bonchev–Trinajstić information content (AvgIpc) is 2.04. The van der Waals surface area contributed by atoms with Gasteiger partial charge in [-0.3, -0.25) is 0 Å². The van der Waals surface area contributed by atoms with Gasteiger partial charge in [-0.1, -0.05) is 6.08 Å². The van der Waals surface area contributed by atoms with Gasteiger partial charge in [-0.05, 0) is 32.6 Å². The van der Waals surface area contributed by atoms with Crippen molar-refractivity contribution in [3.63, 3.8) is 0 Å². The van der Waals surface area contributed by atoms with Crippen molar-refractivity contribution >= 4 is 0 Å². The van der Waals surface area contributed by atoms with Crippen molar-refractivity contribution < 1.29 is 9.84 Å². The zero-order chi connectivity index (χ0) is 8.10. The van der Waals surface area contributed by atoms with Crippen LogP contribution in [0, 0.1) is 0 Å². The lowest BCUT2D eigenvalue weighted by Gasteiger charge is -2.24. The summed E-state index contributed by atoms with van der Waals surface area (Å²) in [5.74, 6) is 0. The summed E-state index contributed by atoms with van der Waals surface area (Å²) in [5.41, 5.74) is 0. The molecule has 0 aromatic heterocycles. The zero-order valence-electron chi connectivity index (χ0n) is 6.99. The Kier molecular flexibility index (Phi) is 3.43. The number of rotatable bonds is 2. The van der Waals surface area contributed by atoms with Crippen molar-refractivity contribution in [2.24, 2.45) is 0 Å². The minimum Gasteiger partial charge on any atom is -0.498 e. The van der Waals surface area contributed by atoms with E-state index in [0.717, 1.165) is 25.7 Å². The summed E-state index contributed by atoms with van der Waals surface area (Å²) >= 11 is 0. The molecule has 0 aromatic carbocycles. The standard InChI is InChI=1S/C9H16O2/c1-2-7-11-9-5-3-8(10)4-6-9/h2,7-10H,3-6H2,1H3/b7-2-. The first-order valence-corrected chi connectivity index (χ1v) is 4.27. The van der Waals surface area contributed by atoms with E-state index < -0.39 is 0 Å². The van der Waals surface area contributed by atoms with Gasteiger partial charge in [0.25, 0.3) is 0 Å². The third-order valence-electron chi connectivity index (χ3n) is 2.05. The van der Waals surface area contributed by atoms with E-state index in [0.29, 0.717) is 6.10 Å². The molecule has 1 fully saturated rings. The molecule has 0 radical (unpaired) electrons. The maximum atomic E-state index is 9.18. The van der Waals surface area contributed by atoms with Gasteiger partial charge in [-0.2, -0.15) is 0 Å². The van der Waals surface area contributed by atoms with Gasteiger partial charge >= 0.3 is 0 Å². The summed E-state index contributed by atoms with van der Waals surface area (Å²) < 4.78 is 5.39. The minimum absolute atomic E-state index is 0.0829. The zero-order valence-corrected chi connectivity index (χ0v) is 6.99. The molecule has 1 aliphatic rings. The molecule has 0 bridgehead atoms. The highest BCUT2D eigenvalue weighted by Crippen LogP contribution is 2.20. The molecule has 0 spiro atoms. The molecule has 1 saturated carbocycles. The van der Waals surface area contributed by atoms with Crippen molar-refractivity contribution in [2.75, 3.05) is 0 Å². The molecule has 0 unspecified atom stereocenters. The first-order chi connectivity index (χ1) is 5.33. The molecule has 0 amide bonds. The highest BCUT2D eigenvalue weighted by Gasteiger charge is 2.18. The number of hydrogen-bond acceptors (Lipinski definition) is 2. The average molecular weight is 156 g/mol. The van der Waals surface area contributed by atoms with Crippen LogP contribution in [0.2, 0.25) is 0 Å². The summed E-state index contributed by atoms with van der Waals surface area (Å²) in [6, 6.07) is 0. The second-order valence-electron chi connectivity index (χ2n) is 3.04. The molecule has 2 heteroatoms. The van der Waals surface area contributed by atoms with Crippen LogP contribution in [0.5, 0.6) is 0 Å². The molecule has 1 N–H and O–H groups in total. The highest BCUT2D eigenvalue weighted by molar-refractivity contribution is 4.75. The van der Waals surface area contributed by atoms with Crippen LogP contribution in [0.3, 0.4) is 0 Å².